The predicted molar refractivity (Wildman–Crippen MR) is 78.0 cm³/mol. The van der Waals surface area contributed by atoms with E-state index in [-0.39, 0.29) is 15.5 Å². The lowest BCUT2D eigenvalue weighted by atomic mass is 10.2. The number of hydrogen-bond acceptors (Lipinski definition) is 4. The van der Waals surface area contributed by atoms with Crippen LogP contribution in [-0.2, 0) is 10.0 Å². The van der Waals surface area contributed by atoms with Crippen molar-refractivity contribution in [2.24, 2.45) is 0 Å². The Balaban J connectivity index is 2.51. The third kappa shape index (κ3) is 2.54. The lowest BCUT2D eigenvalue weighted by Crippen LogP contribution is -2.27. The van der Waals surface area contributed by atoms with Crippen LogP contribution in [-0.4, -0.2) is 26.5 Å². The molecule has 0 aliphatic carbocycles. The van der Waals surface area contributed by atoms with Crippen molar-refractivity contribution in [3.05, 3.63) is 46.8 Å². The fourth-order valence-corrected chi connectivity index (χ4v) is 4.41. The Morgan fingerprint density at radius 1 is 1.20 bits per heavy atom. The number of nitrogens with zero attached hydrogens (tertiary/aromatic N) is 1. The van der Waals surface area contributed by atoms with E-state index in [9.17, 15) is 13.2 Å². The Labute approximate surface area is 121 Å². The molecule has 1 heterocycles. The minimum absolute atomic E-state index is 0.0492. The van der Waals surface area contributed by atoms with Gasteiger partial charge in [-0.2, -0.15) is 0 Å². The number of carboxylic acids is 1. The Hall–Kier alpha value is -1.86. The molecule has 1 aromatic heterocycles. The molecule has 106 valence electrons. The monoisotopic (exact) mass is 311 g/mol. The van der Waals surface area contributed by atoms with Crippen molar-refractivity contribution >= 4 is 33.0 Å². The maximum Gasteiger partial charge on any atom is 0.337 e. The molecule has 7 heteroatoms. The fraction of sp³-hybridized carbons (Fsp3) is 0.154. The fourth-order valence-electron chi connectivity index (χ4n) is 1.74. The van der Waals surface area contributed by atoms with Gasteiger partial charge in [0.1, 0.15) is 4.21 Å². The first kappa shape index (κ1) is 14.5. The first-order chi connectivity index (χ1) is 9.34. The highest BCUT2D eigenvalue weighted by atomic mass is 32.2. The van der Waals surface area contributed by atoms with Crippen LogP contribution in [0.4, 0.5) is 5.69 Å². The Morgan fingerprint density at radius 2 is 1.85 bits per heavy atom. The van der Waals surface area contributed by atoms with Crippen molar-refractivity contribution in [3.8, 4) is 0 Å². The van der Waals surface area contributed by atoms with Crippen LogP contribution in [0.5, 0.6) is 0 Å². The van der Waals surface area contributed by atoms with Gasteiger partial charge in [-0.05, 0) is 31.2 Å². The average molecular weight is 311 g/mol. The average Bonchev–Trinajstić information content (AvgIpc) is 2.85. The third-order valence-corrected chi connectivity index (χ3v) is 6.04. The van der Waals surface area contributed by atoms with Gasteiger partial charge in [0.05, 0.1) is 11.3 Å². The molecule has 0 radical (unpaired) electrons. The number of para-hydroxylation sites is 1. The largest absolute Gasteiger partial charge is 0.478 e. The van der Waals surface area contributed by atoms with E-state index >= 15 is 0 Å². The number of aromatic carboxylic acids is 1. The molecule has 5 nitrogen and oxygen atoms in total. The van der Waals surface area contributed by atoms with Crippen LogP contribution >= 0.6 is 11.3 Å². The van der Waals surface area contributed by atoms with Gasteiger partial charge in [-0.1, -0.05) is 12.1 Å². The standard InChI is InChI=1S/C13H13NO4S2/c1-9-7-8-12(19-9)20(17,18)14(2)11-6-4-3-5-10(11)13(15)16/h3-8H,1-2H3,(H,15,16). The van der Waals surface area contributed by atoms with Gasteiger partial charge < -0.3 is 5.11 Å². The highest BCUT2D eigenvalue weighted by molar-refractivity contribution is 7.94. The van der Waals surface area contributed by atoms with E-state index in [4.69, 9.17) is 5.11 Å². The number of rotatable bonds is 4. The number of benzene rings is 1. The van der Waals surface area contributed by atoms with E-state index in [0.717, 1.165) is 20.5 Å². The number of hydrogen-bond donors (Lipinski definition) is 1. The molecule has 0 aliphatic heterocycles. The molecule has 0 saturated carbocycles. The SMILES string of the molecule is Cc1ccc(S(=O)(=O)N(C)c2ccccc2C(=O)O)s1. The zero-order valence-corrected chi connectivity index (χ0v) is 12.5. The summed E-state index contributed by atoms with van der Waals surface area (Å²) in [4.78, 5) is 12.1. The first-order valence-corrected chi connectivity index (χ1v) is 7.97. The molecular formula is C13H13NO4S2. The summed E-state index contributed by atoms with van der Waals surface area (Å²) >= 11 is 1.15. The van der Waals surface area contributed by atoms with Crippen LogP contribution in [0.2, 0.25) is 0 Å². The van der Waals surface area contributed by atoms with Crippen molar-refractivity contribution in [1.82, 2.24) is 0 Å². The minimum Gasteiger partial charge on any atom is -0.478 e. The first-order valence-electron chi connectivity index (χ1n) is 5.71. The summed E-state index contributed by atoms with van der Waals surface area (Å²) in [6, 6.07) is 9.25. The second kappa shape index (κ2) is 5.26. The number of sulfonamides is 1. The molecule has 0 amide bonds. The molecule has 1 aromatic carbocycles. The van der Waals surface area contributed by atoms with Gasteiger partial charge in [0.2, 0.25) is 0 Å². The van der Waals surface area contributed by atoms with E-state index in [1.54, 1.807) is 18.2 Å². The summed E-state index contributed by atoms with van der Waals surface area (Å²) in [6.07, 6.45) is 0. The molecular weight excluding hydrogens is 298 g/mol. The summed E-state index contributed by atoms with van der Waals surface area (Å²) in [5.41, 5.74) is 0.0953. The van der Waals surface area contributed by atoms with E-state index in [1.165, 1.54) is 25.2 Å². The molecule has 2 aromatic rings. The lowest BCUT2D eigenvalue weighted by molar-refractivity contribution is 0.0698. The Kier molecular flexibility index (Phi) is 3.82. The van der Waals surface area contributed by atoms with Gasteiger partial charge in [0.25, 0.3) is 10.0 Å². The van der Waals surface area contributed by atoms with Crippen LogP contribution in [0.25, 0.3) is 0 Å². The van der Waals surface area contributed by atoms with Gasteiger partial charge in [-0.15, -0.1) is 11.3 Å². The summed E-state index contributed by atoms with van der Waals surface area (Å²) in [5, 5.41) is 9.14. The molecule has 0 spiro atoms. The van der Waals surface area contributed by atoms with E-state index < -0.39 is 16.0 Å². The second-order valence-electron chi connectivity index (χ2n) is 4.16. The topological polar surface area (TPSA) is 74.7 Å². The molecule has 0 atom stereocenters. The van der Waals surface area contributed by atoms with Crippen molar-refractivity contribution in [3.63, 3.8) is 0 Å². The van der Waals surface area contributed by atoms with Crippen LogP contribution < -0.4 is 4.31 Å². The van der Waals surface area contributed by atoms with E-state index in [0.29, 0.717) is 0 Å². The smallest absolute Gasteiger partial charge is 0.337 e. The quantitative estimate of drug-likeness (QED) is 0.941. The van der Waals surface area contributed by atoms with Gasteiger partial charge in [0, 0.05) is 11.9 Å². The van der Waals surface area contributed by atoms with E-state index in [1.807, 2.05) is 6.92 Å². The van der Waals surface area contributed by atoms with E-state index in [2.05, 4.69) is 0 Å². The van der Waals surface area contributed by atoms with Crippen molar-refractivity contribution in [2.45, 2.75) is 11.1 Å². The maximum absolute atomic E-state index is 12.5. The summed E-state index contributed by atoms with van der Waals surface area (Å²) < 4.78 is 26.1. The molecule has 0 fully saturated rings. The second-order valence-corrected chi connectivity index (χ2v) is 7.64. The third-order valence-electron chi connectivity index (χ3n) is 2.80. The summed E-state index contributed by atoms with van der Waals surface area (Å²) in [7, 11) is -2.39. The molecule has 1 N–H and O–H groups in total. The highest BCUT2D eigenvalue weighted by Crippen LogP contribution is 2.29. The highest BCUT2D eigenvalue weighted by Gasteiger charge is 2.25. The molecule has 0 bridgehead atoms. The number of aryl methyl sites for hydroxylation is 1. The molecule has 2 rings (SSSR count). The van der Waals surface area contributed by atoms with Crippen molar-refractivity contribution in [2.75, 3.05) is 11.4 Å². The summed E-state index contributed by atoms with van der Waals surface area (Å²) in [5.74, 6) is -1.16. The number of thiophene rings is 1. The predicted octanol–water partition coefficient (Wildman–Crippen LogP) is 2.58. The lowest BCUT2D eigenvalue weighted by Gasteiger charge is -2.20. The van der Waals surface area contributed by atoms with Gasteiger partial charge in [-0.25, -0.2) is 13.2 Å². The van der Waals surface area contributed by atoms with Crippen LogP contribution in [0, 0.1) is 6.92 Å². The Bertz CT molecular complexity index is 749. The molecule has 0 aliphatic rings. The molecule has 0 saturated heterocycles. The van der Waals surface area contributed by atoms with Crippen LogP contribution in [0.1, 0.15) is 15.2 Å². The molecule has 20 heavy (non-hydrogen) atoms. The van der Waals surface area contributed by atoms with Crippen LogP contribution in [0.15, 0.2) is 40.6 Å². The number of carboxylic acid groups (broad SMARTS) is 1. The zero-order chi connectivity index (χ0) is 14.9. The van der Waals surface area contributed by atoms with Gasteiger partial charge in [-0.3, -0.25) is 4.31 Å². The number of anilines is 1. The Morgan fingerprint density at radius 3 is 2.40 bits per heavy atom. The maximum atomic E-state index is 12.5. The molecule has 0 unspecified atom stereocenters. The van der Waals surface area contributed by atoms with Crippen molar-refractivity contribution in [1.29, 1.82) is 0 Å². The minimum atomic E-state index is -3.74. The van der Waals surface area contributed by atoms with Gasteiger partial charge >= 0.3 is 5.97 Å². The van der Waals surface area contributed by atoms with Crippen molar-refractivity contribution < 1.29 is 18.3 Å². The van der Waals surface area contributed by atoms with Crippen LogP contribution in [0.3, 0.4) is 0 Å². The normalized spacial score (nSPS) is 11.3. The summed E-state index contributed by atoms with van der Waals surface area (Å²) in [6.45, 7) is 1.81. The zero-order valence-electron chi connectivity index (χ0n) is 10.9. The number of carbonyl (C=O) groups is 1. The van der Waals surface area contributed by atoms with Gasteiger partial charge in [0.15, 0.2) is 0 Å².